The second kappa shape index (κ2) is 7.32. The zero-order chi connectivity index (χ0) is 12.0. The van der Waals surface area contributed by atoms with Gasteiger partial charge in [-0.3, -0.25) is 0 Å². The van der Waals surface area contributed by atoms with Crippen molar-refractivity contribution in [2.24, 2.45) is 17.8 Å². The minimum Gasteiger partial charge on any atom is -0.393 e. The first-order chi connectivity index (χ1) is 7.65. The summed E-state index contributed by atoms with van der Waals surface area (Å²) in [5.41, 5.74) is 0. The third-order valence-electron chi connectivity index (χ3n) is 4.17. The zero-order valence-electron chi connectivity index (χ0n) is 11.4. The molecule has 16 heavy (non-hydrogen) atoms. The molecule has 1 rings (SSSR count). The number of hydrogen-bond donors (Lipinski definition) is 1. The van der Waals surface area contributed by atoms with Crippen LogP contribution in [-0.2, 0) is 0 Å². The average Bonchev–Trinajstić information content (AvgIpc) is 2.58. The number of unbranched alkanes of at least 4 members (excludes halogenated alkanes) is 2. The van der Waals surface area contributed by atoms with Crippen molar-refractivity contribution in [1.82, 2.24) is 0 Å². The van der Waals surface area contributed by atoms with E-state index in [2.05, 4.69) is 20.8 Å². The van der Waals surface area contributed by atoms with E-state index in [1.807, 2.05) is 0 Å². The van der Waals surface area contributed by atoms with Crippen molar-refractivity contribution in [3.8, 4) is 0 Å². The van der Waals surface area contributed by atoms with Crippen molar-refractivity contribution in [3.63, 3.8) is 0 Å². The van der Waals surface area contributed by atoms with E-state index >= 15 is 0 Å². The van der Waals surface area contributed by atoms with Gasteiger partial charge in [0.2, 0.25) is 0 Å². The smallest absolute Gasteiger partial charge is 0.0596 e. The van der Waals surface area contributed by atoms with E-state index in [0.717, 1.165) is 5.92 Å². The fourth-order valence-electron chi connectivity index (χ4n) is 2.99. The van der Waals surface area contributed by atoms with Gasteiger partial charge in [-0.1, -0.05) is 46.5 Å². The van der Waals surface area contributed by atoms with E-state index in [-0.39, 0.29) is 6.10 Å². The largest absolute Gasteiger partial charge is 0.393 e. The first-order valence-corrected chi connectivity index (χ1v) is 7.33. The Kier molecular flexibility index (Phi) is 6.41. The molecule has 0 aromatic heterocycles. The van der Waals surface area contributed by atoms with Gasteiger partial charge < -0.3 is 5.11 Å². The maximum atomic E-state index is 10.3. The zero-order valence-corrected chi connectivity index (χ0v) is 11.4. The molecule has 0 heterocycles. The lowest BCUT2D eigenvalue weighted by atomic mass is 9.91. The van der Waals surface area contributed by atoms with Crippen LogP contribution < -0.4 is 0 Å². The van der Waals surface area contributed by atoms with E-state index in [1.54, 1.807) is 0 Å². The molecule has 3 atom stereocenters. The average molecular weight is 226 g/mol. The molecule has 0 saturated heterocycles. The van der Waals surface area contributed by atoms with Crippen molar-refractivity contribution in [2.75, 3.05) is 0 Å². The summed E-state index contributed by atoms with van der Waals surface area (Å²) in [6.07, 6.45) is 10.3. The predicted molar refractivity (Wildman–Crippen MR) is 70.4 cm³/mol. The van der Waals surface area contributed by atoms with Crippen LogP contribution in [0, 0.1) is 17.8 Å². The highest BCUT2D eigenvalue weighted by atomic mass is 16.3. The third-order valence-corrected chi connectivity index (χ3v) is 4.17. The van der Waals surface area contributed by atoms with Crippen molar-refractivity contribution in [3.05, 3.63) is 0 Å². The molecular formula is C15H30O. The maximum absolute atomic E-state index is 10.3. The molecule has 1 N–H and O–H groups in total. The lowest BCUT2D eigenvalue weighted by molar-refractivity contribution is 0.0804. The van der Waals surface area contributed by atoms with Crippen molar-refractivity contribution in [2.45, 2.75) is 78.2 Å². The molecule has 0 amide bonds. The van der Waals surface area contributed by atoms with Crippen molar-refractivity contribution < 1.29 is 5.11 Å². The van der Waals surface area contributed by atoms with Gasteiger partial charge in [-0.05, 0) is 43.4 Å². The normalized spacial score (nSPS) is 30.2. The van der Waals surface area contributed by atoms with Crippen LogP contribution in [0.2, 0.25) is 0 Å². The molecule has 1 saturated carbocycles. The van der Waals surface area contributed by atoms with Gasteiger partial charge in [-0.15, -0.1) is 0 Å². The molecule has 0 aromatic carbocycles. The van der Waals surface area contributed by atoms with Crippen LogP contribution >= 0.6 is 0 Å². The lowest BCUT2D eigenvalue weighted by Gasteiger charge is -2.20. The first kappa shape index (κ1) is 14.0. The summed E-state index contributed by atoms with van der Waals surface area (Å²) in [5.74, 6) is 2.00. The Bertz CT molecular complexity index is 176. The van der Waals surface area contributed by atoms with Crippen LogP contribution in [0.1, 0.15) is 72.1 Å². The monoisotopic (exact) mass is 226 g/mol. The standard InChI is InChI=1S/C15H30O/c1-4-5-6-7-13-10-11-14(15(13)16)9-8-12(2)3/h12-16H,4-11H2,1-3H3. The number of aliphatic hydroxyl groups excluding tert-OH is 1. The first-order valence-electron chi connectivity index (χ1n) is 7.33. The molecule has 3 unspecified atom stereocenters. The Balaban J connectivity index is 2.21. The lowest BCUT2D eigenvalue weighted by Crippen LogP contribution is -2.21. The number of rotatable bonds is 7. The third kappa shape index (κ3) is 4.45. The second-order valence-corrected chi connectivity index (χ2v) is 6.06. The molecule has 0 bridgehead atoms. The van der Waals surface area contributed by atoms with Gasteiger partial charge in [0.05, 0.1) is 6.10 Å². The Morgan fingerprint density at radius 3 is 2.25 bits per heavy atom. The summed E-state index contributed by atoms with van der Waals surface area (Å²) in [6, 6.07) is 0. The van der Waals surface area contributed by atoms with Crippen LogP contribution in [0.15, 0.2) is 0 Å². The van der Waals surface area contributed by atoms with Crippen LogP contribution in [0.3, 0.4) is 0 Å². The molecule has 96 valence electrons. The molecule has 1 fully saturated rings. The van der Waals surface area contributed by atoms with Gasteiger partial charge >= 0.3 is 0 Å². The van der Waals surface area contributed by atoms with Gasteiger partial charge in [-0.2, -0.15) is 0 Å². The fraction of sp³-hybridized carbons (Fsp3) is 1.00. The maximum Gasteiger partial charge on any atom is 0.0596 e. The van der Waals surface area contributed by atoms with Crippen LogP contribution in [0.5, 0.6) is 0 Å². The van der Waals surface area contributed by atoms with E-state index in [1.165, 1.54) is 51.4 Å². The summed E-state index contributed by atoms with van der Waals surface area (Å²) in [7, 11) is 0. The number of aliphatic hydroxyl groups is 1. The Morgan fingerprint density at radius 2 is 1.69 bits per heavy atom. The molecule has 0 radical (unpaired) electrons. The van der Waals surface area contributed by atoms with Gasteiger partial charge in [0.25, 0.3) is 0 Å². The van der Waals surface area contributed by atoms with E-state index in [4.69, 9.17) is 0 Å². The SMILES string of the molecule is CCCCCC1CCC(CCC(C)C)C1O. The molecule has 0 aromatic rings. The Morgan fingerprint density at radius 1 is 1.06 bits per heavy atom. The molecular weight excluding hydrogens is 196 g/mol. The second-order valence-electron chi connectivity index (χ2n) is 6.06. The summed E-state index contributed by atoms with van der Waals surface area (Å²) in [4.78, 5) is 0. The minimum absolute atomic E-state index is 0.00982. The van der Waals surface area contributed by atoms with E-state index in [0.29, 0.717) is 11.8 Å². The van der Waals surface area contributed by atoms with Gasteiger partial charge in [-0.25, -0.2) is 0 Å². The van der Waals surface area contributed by atoms with Crippen molar-refractivity contribution >= 4 is 0 Å². The van der Waals surface area contributed by atoms with Crippen molar-refractivity contribution in [1.29, 1.82) is 0 Å². The van der Waals surface area contributed by atoms with Crippen LogP contribution in [0.25, 0.3) is 0 Å². The predicted octanol–water partition coefficient (Wildman–Crippen LogP) is 4.39. The van der Waals surface area contributed by atoms with Crippen LogP contribution in [-0.4, -0.2) is 11.2 Å². The quantitative estimate of drug-likeness (QED) is 0.638. The molecule has 0 spiro atoms. The molecule has 0 aliphatic heterocycles. The summed E-state index contributed by atoms with van der Waals surface area (Å²) in [5, 5.41) is 10.3. The molecule has 1 aliphatic rings. The summed E-state index contributed by atoms with van der Waals surface area (Å²) >= 11 is 0. The van der Waals surface area contributed by atoms with Gasteiger partial charge in [0.15, 0.2) is 0 Å². The Labute approximate surface area is 102 Å². The van der Waals surface area contributed by atoms with Gasteiger partial charge in [0, 0.05) is 0 Å². The molecule has 1 heteroatoms. The van der Waals surface area contributed by atoms with Gasteiger partial charge in [0.1, 0.15) is 0 Å². The summed E-state index contributed by atoms with van der Waals surface area (Å²) in [6.45, 7) is 6.80. The fourth-order valence-corrected chi connectivity index (χ4v) is 2.99. The molecule has 1 aliphatic carbocycles. The highest BCUT2D eigenvalue weighted by molar-refractivity contribution is 4.84. The highest BCUT2D eigenvalue weighted by Gasteiger charge is 2.33. The highest BCUT2D eigenvalue weighted by Crippen LogP contribution is 2.37. The van der Waals surface area contributed by atoms with Crippen LogP contribution in [0.4, 0.5) is 0 Å². The van der Waals surface area contributed by atoms with E-state index < -0.39 is 0 Å². The minimum atomic E-state index is 0.00982. The van der Waals surface area contributed by atoms with E-state index in [9.17, 15) is 5.11 Å². The molecule has 1 nitrogen and oxygen atoms in total. The topological polar surface area (TPSA) is 20.2 Å². The summed E-state index contributed by atoms with van der Waals surface area (Å²) < 4.78 is 0. The Hall–Kier alpha value is -0.0400. The number of hydrogen-bond acceptors (Lipinski definition) is 1.